The predicted octanol–water partition coefficient (Wildman–Crippen LogP) is 2.50. The number of carbonyl (C=O) groups excluding carboxylic acids is 2. The Hall–Kier alpha value is -3.35. The molecule has 0 bridgehead atoms. The fourth-order valence-electron chi connectivity index (χ4n) is 2.59. The molecule has 0 unspecified atom stereocenters. The van der Waals surface area contributed by atoms with Crippen molar-refractivity contribution in [1.82, 2.24) is 4.57 Å². The van der Waals surface area contributed by atoms with Crippen molar-refractivity contribution in [3.63, 3.8) is 0 Å². The molecule has 0 radical (unpaired) electrons. The second-order valence-electron chi connectivity index (χ2n) is 5.63. The zero-order valence-electron chi connectivity index (χ0n) is 13.8. The second-order valence-corrected chi connectivity index (χ2v) is 5.63. The molecule has 0 spiro atoms. The van der Waals surface area contributed by atoms with Gasteiger partial charge in [0.15, 0.2) is 5.58 Å². The standard InChI is InChI=1S/C18H17N3O4/c1-11-13(19-12(2)22)6-5-7-14(11)20-17(23)10-21-15-8-3-4-9-16(15)25-18(21)24/h3-9H,10H2,1-2H3,(H,19,22)(H,20,23). The molecule has 2 N–H and O–H groups in total. The molecule has 2 amide bonds. The third kappa shape index (κ3) is 3.45. The van der Waals surface area contributed by atoms with E-state index in [1.54, 1.807) is 49.4 Å². The molecule has 0 aliphatic rings. The van der Waals surface area contributed by atoms with Crippen LogP contribution >= 0.6 is 0 Å². The Bertz CT molecular complexity index is 1020. The Balaban J connectivity index is 1.82. The van der Waals surface area contributed by atoms with Crippen molar-refractivity contribution >= 4 is 34.3 Å². The second kappa shape index (κ2) is 6.64. The predicted molar refractivity (Wildman–Crippen MR) is 94.6 cm³/mol. The van der Waals surface area contributed by atoms with E-state index in [4.69, 9.17) is 4.42 Å². The zero-order chi connectivity index (χ0) is 18.0. The van der Waals surface area contributed by atoms with Crippen LogP contribution in [0.5, 0.6) is 0 Å². The van der Waals surface area contributed by atoms with Gasteiger partial charge in [0.05, 0.1) is 5.52 Å². The first-order valence-corrected chi connectivity index (χ1v) is 7.71. The first-order valence-electron chi connectivity index (χ1n) is 7.71. The smallest absolute Gasteiger partial charge is 0.408 e. The molecule has 3 aromatic rings. The van der Waals surface area contributed by atoms with Crippen molar-refractivity contribution < 1.29 is 14.0 Å². The first-order chi connectivity index (χ1) is 12.0. The van der Waals surface area contributed by atoms with Gasteiger partial charge < -0.3 is 15.1 Å². The van der Waals surface area contributed by atoms with Crippen LogP contribution in [0.15, 0.2) is 51.7 Å². The van der Waals surface area contributed by atoms with Crippen LogP contribution in [-0.2, 0) is 16.1 Å². The maximum absolute atomic E-state index is 12.4. The number of carbonyl (C=O) groups is 2. The summed E-state index contributed by atoms with van der Waals surface area (Å²) in [6.07, 6.45) is 0. The number of fused-ring (bicyclic) bond motifs is 1. The molecule has 1 aromatic heterocycles. The number of nitrogens with zero attached hydrogens (tertiary/aromatic N) is 1. The largest absolute Gasteiger partial charge is 0.420 e. The van der Waals surface area contributed by atoms with Crippen LogP contribution in [-0.4, -0.2) is 16.4 Å². The van der Waals surface area contributed by atoms with Gasteiger partial charge >= 0.3 is 5.76 Å². The number of rotatable bonds is 4. The third-order valence-electron chi connectivity index (χ3n) is 3.79. The highest BCUT2D eigenvalue weighted by Gasteiger charge is 2.14. The summed E-state index contributed by atoms with van der Waals surface area (Å²) < 4.78 is 6.39. The molecule has 0 fully saturated rings. The summed E-state index contributed by atoms with van der Waals surface area (Å²) in [7, 11) is 0. The fourth-order valence-corrected chi connectivity index (χ4v) is 2.59. The van der Waals surface area contributed by atoms with Crippen molar-refractivity contribution in [3.05, 3.63) is 58.6 Å². The van der Waals surface area contributed by atoms with Gasteiger partial charge in [-0.2, -0.15) is 0 Å². The maximum atomic E-state index is 12.4. The molecular weight excluding hydrogens is 322 g/mol. The van der Waals surface area contributed by atoms with Gasteiger partial charge in [0, 0.05) is 18.3 Å². The lowest BCUT2D eigenvalue weighted by atomic mass is 10.1. The molecule has 128 valence electrons. The van der Waals surface area contributed by atoms with E-state index in [1.807, 2.05) is 0 Å². The zero-order valence-corrected chi connectivity index (χ0v) is 13.8. The number of para-hydroxylation sites is 2. The molecule has 2 aromatic carbocycles. The highest BCUT2D eigenvalue weighted by molar-refractivity contribution is 5.95. The van der Waals surface area contributed by atoms with E-state index in [2.05, 4.69) is 10.6 Å². The van der Waals surface area contributed by atoms with Crippen LogP contribution < -0.4 is 16.4 Å². The van der Waals surface area contributed by atoms with Gasteiger partial charge in [-0.25, -0.2) is 4.79 Å². The lowest BCUT2D eigenvalue weighted by molar-refractivity contribution is -0.117. The van der Waals surface area contributed by atoms with Gasteiger partial charge in [-0.05, 0) is 36.8 Å². The Labute approximate surface area is 143 Å². The fraction of sp³-hybridized carbons (Fsp3) is 0.167. The minimum Gasteiger partial charge on any atom is -0.408 e. The minimum absolute atomic E-state index is 0.167. The molecule has 0 aliphatic carbocycles. The average molecular weight is 339 g/mol. The van der Waals surface area contributed by atoms with Gasteiger partial charge in [0.2, 0.25) is 11.8 Å². The van der Waals surface area contributed by atoms with E-state index in [1.165, 1.54) is 11.5 Å². The van der Waals surface area contributed by atoms with Crippen LogP contribution in [0.3, 0.4) is 0 Å². The van der Waals surface area contributed by atoms with E-state index in [9.17, 15) is 14.4 Å². The lowest BCUT2D eigenvalue weighted by Crippen LogP contribution is -2.25. The number of hydrogen-bond donors (Lipinski definition) is 2. The van der Waals surface area contributed by atoms with Crippen molar-refractivity contribution in [3.8, 4) is 0 Å². The van der Waals surface area contributed by atoms with Gasteiger partial charge in [0.25, 0.3) is 0 Å². The van der Waals surface area contributed by atoms with Gasteiger partial charge in [-0.3, -0.25) is 14.2 Å². The Morgan fingerprint density at radius 1 is 1.04 bits per heavy atom. The Morgan fingerprint density at radius 2 is 1.72 bits per heavy atom. The number of oxazole rings is 1. The number of nitrogens with one attached hydrogen (secondary N) is 2. The van der Waals surface area contributed by atoms with Crippen molar-refractivity contribution in [2.75, 3.05) is 10.6 Å². The summed E-state index contributed by atoms with van der Waals surface area (Å²) in [5, 5.41) is 5.47. The summed E-state index contributed by atoms with van der Waals surface area (Å²) in [5.74, 6) is -1.14. The van der Waals surface area contributed by atoms with E-state index >= 15 is 0 Å². The van der Waals surface area contributed by atoms with Crippen LogP contribution in [0.25, 0.3) is 11.1 Å². The van der Waals surface area contributed by atoms with Crippen LogP contribution in [0.4, 0.5) is 11.4 Å². The molecule has 7 heteroatoms. The summed E-state index contributed by atoms with van der Waals surface area (Å²) in [4.78, 5) is 35.5. The summed E-state index contributed by atoms with van der Waals surface area (Å²) in [5.41, 5.74) is 2.92. The Kier molecular flexibility index (Phi) is 4.38. The highest BCUT2D eigenvalue weighted by Crippen LogP contribution is 2.23. The highest BCUT2D eigenvalue weighted by atomic mass is 16.4. The number of benzene rings is 2. The molecular formula is C18H17N3O4. The average Bonchev–Trinajstić information content (AvgIpc) is 2.87. The Morgan fingerprint density at radius 3 is 2.44 bits per heavy atom. The summed E-state index contributed by atoms with van der Waals surface area (Å²) in [6, 6.07) is 12.1. The van der Waals surface area contributed by atoms with E-state index in [0.717, 1.165) is 5.56 Å². The van der Waals surface area contributed by atoms with E-state index < -0.39 is 5.76 Å². The van der Waals surface area contributed by atoms with Crippen LogP contribution in [0.1, 0.15) is 12.5 Å². The first kappa shape index (κ1) is 16.5. The van der Waals surface area contributed by atoms with E-state index in [0.29, 0.717) is 22.5 Å². The topological polar surface area (TPSA) is 93.3 Å². The number of amides is 2. The van der Waals surface area contributed by atoms with Crippen molar-refractivity contribution in [1.29, 1.82) is 0 Å². The molecule has 7 nitrogen and oxygen atoms in total. The van der Waals surface area contributed by atoms with Gasteiger partial charge in [0.1, 0.15) is 6.54 Å². The summed E-state index contributed by atoms with van der Waals surface area (Å²) >= 11 is 0. The SMILES string of the molecule is CC(=O)Nc1cccc(NC(=O)Cn2c(=O)oc3ccccc32)c1C. The van der Waals surface area contributed by atoms with E-state index in [-0.39, 0.29) is 18.4 Å². The van der Waals surface area contributed by atoms with Crippen molar-refractivity contribution in [2.45, 2.75) is 20.4 Å². The number of hydrogen-bond acceptors (Lipinski definition) is 4. The molecule has 25 heavy (non-hydrogen) atoms. The van der Waals surface area contributed by atoms with Crippen molar-refractivity contribution in [2.24, 2.45) is 0 Å². The number of aromatic nitrogens is 1. The monoisotopic (exact) mass is 339 g/mol. The van der Waals surface area contributed by atoms with Crippen LogP contribution in [0.2, 0.25) is 0 Å². The minimum atomic E-state index is -0.583. The molecule has 3 rings (SSSR count). The molecule has 1 heterocycles. The maximum Gasteiger partial charge on any atom is 0.420 e. The molecule has 0 saturated heterocycles. The van der Waals surface area contributed by atoms with Gasteiger partial charge in [-0.15, -0.1) is 0 Å². The van der Waals surface area contributed by atoms with Gasteiger partial charge in [-0.1, -0.05) is 18.2 Å². The molecule has 0 aliphatic heterocycles. The number of anilines is 2. The quantitative estimate of drug-likeness (QED) is 0.764. The third-order valence-corrected chi connectivity index (χ3v) is 3.79. The lowest BCUT2D eigenvalue weighted by Gasteiger charge is -2.12. The molecule has 0 atom stereocenters. The summed E-state index contributed by atoms with van der Waals surface area (Å²) in [6.45, 7) is 3.04. The van der Waals surface area contributed by atoms with Crippen LogP contribution in [0, 0.1) is 6.92 Å². The normalized spacial score (nSPS) is 10.6. The molecule has 0 saturated carbocycles.